The van der Waals surface area contributed by atoms with Gasteiger partial charge in [0.25, 0.3) is 6.01 Å². The molecule has 1 unspecified atom stereocenters. The van der Waals surface area contributed by atoms with Gasteiger partial charge in [-0.25, -0.2) is 4.79 Å². The van der Waals surface area contributed by atoms with E-state index in [-0.39, 0.29) is 6.01 Å². The number of aromatic nitrogens is 1. The molecule has 7 heteroatoms. The van der Waals surface area contributed by atoms with Gasteiger partial charge in [0.1, 0.15) is 11.6 Å². The van der Waals surface area contributed by atoms with Gasteiger partial charge in [-0.1, -0.05) is 18.5 Å². The lowest BCUT2D eigenvalue weighted by atomic mass is 10.2. The molecule has 1 aromatic carbocycles. The summed E-state index contributed by atoms with van der Waals surface area (Å²) in [6.45, 7) is 2.04. The number of rotatable bonds is 7. The van der Waals surface area contributed by atoms with Gasteiger partial charge in [-0.05, 0) is 36.1 Å². The molecule has 1 heterocycles. The third-order valence-electron chi connectivity index (χ3n) is 2.70. The molecule has 0 aliphatic carbocycles. The van der Waals surface area contributed by atoms with Crippen molar-refractivity contribution in [3.8, 4) is 0 Å². The summed E-state index contributed by atoms with van der Waals surface area (Å²) in [7, 11) is 0. The van der Waals surface area contributed by atoms with E-state index in [4.69, 9.17) is 16.0 Å². The second-order valence-corrected chi connectivity index (χ2v) is 5.98. The molecule has 1 aromatic heterocycles. The van der Waals surface area contributed by atoms with Gasteiger partial charge >= 0.3 is 5.97 Å². The lowest BCUT2D eigenvalue weighted by molar-refractivity contribution is -0.138. The van der Waals surface area contributed by atoms with Gasteiger partial charge in [0.2, 0.25) is 0 Å². The van der Waals surface area contributed by atoms with E-state index in [0.29, 0.717) is 22.5 Å². The SMILES string of the molecule is CCSCCC(Nc1nc2cc(Cl)ccc2o1)C(=O)O. The molecule has 20 heavy (non-hydrogen) atoms. The zero-order valence-corrected chi connectivity index (χ0v) is 12.5. The van der Waals surface area contributed by atoms with Crippen molar-refractivity contribution in [1.82, 2.24) is 4.98 Å². The van der Waals surface area contributed by atoms with Crippen molar-refractivity contribution >= 4 is 46.4 Å². The Bertz CT molecular complexity index is 602. The van der Waals surface area contributed by atoms with Crippen molar-refractivity contribution in [2.45, 2.75) is 19.4 Å². The smallest absolute Gasteiger partial charge is 0.326 e. The number of carboxylic acid groups (broad SMARTS) is 1. The normalized spacial score (nSPS) is 12.5. The number of benzene rings is 1. The highest BCUT2D eigenvalue weighted by molar-refractivity contribution is 7.99. The van der Waals surface area contributed by atoms with Crippen LogP contribution in [0.25, 0.3) is 11.1 Å². The molecule has 0 radical (unpaired) electrons. The molecule has 2 rings (SSSR count). The highest BCUT2D eigenvalue weighted by atomic mass is 35.5. The minimum absolute atomic E-state index is 0.205. The molecule has 1 atom stereocenters. The summed E-state index contributed by atoms with van der Waals surface area (Å²) in [6.07, 6.45) is 0.507. The predicted octanol–water partition coefficient (Wildman–Crippen LogP) is 3.49. The third-order valence-corrected chi connectivity index (χ3v) is 3.87. The molecule has 0 bridgehead atoms. The first-order chi connectivity index (χ1) is 9.60. The third kappa shape index (κ3) is 3.80. The summed E-state index contributed by atoms with van der Waals surface area (Å²) in [5.41, 5.74) is 1.18. The van der Waals surface area contributed by atoms with E-state index in [1.54, 1.807) is 30.0 Å². The fourth-order valence-electron chi connectivity index (χ4n) is 1.71. The Balaban J connectivity index is 2.09. The number of anilines is 1. The van der Waals surface area contributed by atoms with Gasteiger partial charge in [-0.15, -0.1) is 0 Å². The van der Waals surface area contributed by atoms with Crippen LogP contribution in [-0.2, 0) is 4.79 Å². The van der Waals surface area contributed by atoms with Gasteiger partial charge in [0.15, 0.2) is 5.58 Å². The van der Waals surface area contributed by atoms with Gasteiger partial charge in [0.05, 0.1) is 0 Å². The van der Waals surface area contributed by atoms with E-state index in [2.05, 4.69) is 10.3 Å². The van der Waals surface area contributed by atoms with E-state index in [1.165, 1.54) is 0 Å². The van der Waals surface area contributed by atoms with Crippen molar-refractivity contribution in [3.63, 3.8) is 0 Å². The van der Waals surface area contributed by atoms with Crippen LogP contribution in [0.1, 0.15) is 13.3 Å². The molecule has 0 saturated heterocycles. The standard InChI is InChI=1S/C13H15ClN2O3S/c1-2-20-6-5-9(12(17)18)15-13-16-10-7-8(14)3-4-11(10)19-13/h3-4,7,9H,2,5-6H2,1H3,(H,15,16)(H,17,18). The number of nitrogens with one attached hydrogen (secondary N) is 1. The summed E-state index contributed by atoms with van der Waals surface area (Å²) in [5.74, 6) is 0.822. The second-order valence-electron chi connectivity index (χ2n) is 4.15. The lowest BCUT2D eigenvalue weighted by Gasteiger charge is -2.11. The number of nitrogens with zero attached hydrogens (tertiary/aromatic N) is 1. The summed E-state index contributed by atoms with van der Waals surface area (Å²) in [4.78, 5) is 15.4. The Hall–Kier alpha value is -1.40. The summed E-state index contributed by atoms with van der Waals surface area (Å²) in [5, 5.41) is 12.6. The number of fused-ring (bicyclic) bond motifs is 1. The summed E-state index contributed by atoms with van der Waals surface area (Å²) >= 11 is 7.57. The number of carboxylic acids is 1. The maximum absolute atomic E-state index is 11.2. The van der Waals surface area contributed by atoms with E-state index in [0.717, 1.165) is 11.5 Å². The molecule has 5 nitrogen and oxygen atoms in total. The van der Waals surface area contributed by atoms with Crippen LogP contribution in [0.4, 0.5) is 6.01 Å². The number of aliphatic carboxylic acids is 1. The van der Waals surface area contributed by atoms with Crippen molar-refractivity contribution in [3.05, 3.63) is 23.2 Å². The Morgan fingerprint density at radius 1 is 1.60 bits per heavy atom. The minimum atomic E-state index is -0.915. The average Bonchev–Trinajstić information content (AvgIpc) is 2.79. The quantitative estimate of drug-likeness (QED) is 0.762. The van der Waals surface area contributed by atoms with Crippen LogP contribution in [0.5, 0.6) is 0 Å². The zero-order chi connectivity index (χ0) is 14.5. The maximum atomic E-state index is 11.2. The Morgan fingerprint density at radius 2 is 2.40 bits per heavy atom. The number of carbonyl (C=O) groups is 1. The van der Waals surface area contributed by atoms with Gasteiger partial charge in [0, 0.05) is 5.02 Å². The molecule has 2 N–H and O–H groups in total. The van der Waals surface area contributed by atoms with Gasteiger partial charge in [-0.2, -0.15) is 16.7 Å². The maximum Gasteiger partial charge on any atom is 0.326 e. The van der Waals surface area contributed by atoms with Crippen LogP contribution in [0.15, 0.2) is 22.6 Å². The highest BCUT2D eigenvalue weighted by Crippen LogP contribution is 2.23. The molecular formula is C13H15ClN2O3S. The van der Waals surface area contributed by atoms with Crippen LogP contribution in [0.2, 0.25) is 5.02 Å². The van der Waals surface area contributed by atoms with E-state index in [9.17, 15) is 9.90 Å². The molecule has 108 valence electrons. The first-order valence-corrected chi connectivity index (χ1v) is 7.76. The Kier molecular flexibility index (Phi) is 5.14. The van der Waals surface area contributed by atoms with Gasteiger partial charge in [-0.3, -0.25) is 0 Å². The zero-order valence-electron chi connectivity index (χ0n) is 10.9. The van der Waals surface area contributed by atoms with Crippen molar-refractivity contribution in [1.29, 1.82) is 0 Å². The molecule has 0 amide bonds. The van der Waals surface area contributed by atoms with Crippen LogP contribution in [-0.4, -0.2) is 33.6 Å². The first kappa shape index (κ1) is 15.0. The van der Waals surface area contributed by atoms with Crippen molar-refractivity contribution in [2.24, 2.45) is 0 Å². The van der Waals surface area contributed by atoms with Crippen LogP contribution >= 0.6 is 23.4 Å². The molecular weight excluding hydrogens is 300 g/mol. The molecule has 2 aromatic rings. The molecule has 0 saturated carbocycles. The minimum Gasteiger partial charge on any atom is -0.480 e. The molecule has 0 spiro atoms. The largest absolute Gasteiger partial charge is 0.480 e. The number of hydrogen-bond donors (Lipinski definition) is 2. The Labute approximate surface area is 125 Å². The molecule has 0 aliphatic heterocycles. The fraction of sp³-hybridized carbons (Fsp3) is 0.385. The van der Waals surface area contributed by atoms with E-state index in [1.807, 2.05) is 6.92 Å². The fourth-order valence-corrected chi connectivity index (χ4v) is 2.57. The van der Waals surface area contributed by atoms with Crippen LogP contribution < -0.4 is 5.32 Å². The number of thioether (sulfide) groups is 1. The van der Waals surface area contributed by atoms with Crippen LogP contribution in [0.3, 0.4) is 0 Å². The van der Waals surface area contributed by atoms with Crippen molar-refractivity contribution < 1.29 is 14.3 Å². The van der Waals surface area contributed by atoms with Gasteiger partial charge < -0.3 is 14.8 Å². The Morgan fingerprint density at radius 3 is 3.10 bits per heavy atom. The second kappa shape index (κ2) is 6.85. The summed E-state index contributed by atoms with van der Waals surface area (Å²) in [6, 6.07) is 4.58. The number of hydrogen-bond acceptors (Lipinski definition) is 5. The monoisotopic (exact) mass is 314 g/mol. The average molecular weight is 315 g/mol. The topological polar surface area (TPSA) is 75.4 Å². The van der Waals surface area contributed by atoms with Crippen molar-refractivity contribution in [2.75, 3.05) is 16.8 Å². The first-order valence-electron chi connectivity index (χ1n) is 6.23. The number of halogens is 1. The van der Waals surface area contributed by atoms with E-state index < -0.39 is 12.0 Å². The number of oxazole rings is 1. The van der Waals surface area contributed by atoms with E-state index >= 15 is 0 Å². The molecule has 0 aliphatic rings. The van der Waals surface area contributed by atoms with Crippen LogP contribution in [0, 0.1) is 0 Å². The highest BCUT2D eigenvalue weighted by Gasteiger charge is 2.19. The lowest BCUT2D eigenvalue weighted by Crippen LogP contribution is -2.30. The predicted molar refractivity (Wildman–Crippen MR) is 81.7 cm³/mol. The summed E-state index contributed by atoms with van der Waals surface area (Å²) < 4.78 is 5.46. The molecule has 0 fully saturated rings.